The quantitative estimate of drug-likeness (QED) is 0.776. The molecule has 0 amide bonds. The Labute approximate surface area is 138 Å². The fourth-order valence-electron chi connectivity index (χ4n) is 2.96. The summed E-state index contributed by atoms with van der Waals surface area (Å²) in [5.74, 6) is 1.39. The number of hydrogen-bond acceptors (Lipinski definition) is 3. The largest absolute Gasteiger partial charge is 0.325 e. The second kappa shape index (κ2) is 6.24. The van der Waals surface area contributed by atoms with Crippen LogP contribution in [0.5, 0.6) is 0 Å². The van der Waals surface area contributed by atoms with Crippen LogP contribution >= 0.6 is 27.5 Å². The molecule has 1 aromatic heterocycles. The number of fused-ring (bicyclic) bond motifs is 1. The molecule has 0 aliphatic carbocycles. The van der Waals surface area contributed by atoms with Gasteiger partial charge in [0.25, 0.3) is 0 Å². The van der Waals surface area contributed by atoms with Gasteiger partial charge in [0, 0.05) is 36.7 Å². The molecule has 2 heterocycles. The lowest BCUT2D eigenvalue weighted by molar-refractivity contribution is 0.103. The summed E-state index contributed by atoms with van der Waals surface area (Å²) in [4.78, 5) is 9.48. The van der Waals surface area contributed by atoms with E-state index in [4.69, 9.17) is 11.6 Å². The molecule has 6 heteroatoms. The maximum Gasteiger partial charge on any atom is 0.124 e. The molecule has 1 atom stereocenters. The molecule has 2 aromatic rings. The lowest BCUT2D eigenvalue weighted by atomic mass is 10.2. The van der Waals surface area contributed by atoms with Crippen LogP contribution in [0.2, 0.25) is 0 Å². The maximum absolute atomic E-state index is 6.11. The molecule has 1 aromatic carbocycles. The zero-order chi connectivity index (χ0) is 15.0. The number of benzene rings is 1. The van der Waals surface area contributed by atoms with E-state index < -0.39 is 0 Å². The molecule has 0 bridgehead atoms. The second-order valence-corrected chi connectivity index (χ2v) is 6.98. The Balaban J connectivity index is 1.96. The SMILES string of the molecule is CN1CCN(C)C(Cn2c(CCl)nc3ccc(Br)cc32)C1. The third-order valence-electron chi connectivity index (χ3n) is 4.28. The Morgan fingerprint density at radius 1 is 1.33 bits per heavy atom. The molecule has 0 radical (unpaired) electrons. The number of halogens is 2. The van der Waals surface area contributed by atoms with Crippen LogP contribution in [0.3, 0.4) is 0 Å². The first kappa shape index (κ1) is 15.3. The van der Waals surface area contributed by atoms with Gasteiger partial charge in [0.1, 0.15) is 5.82 Å². The summed E-state index contributed by atoms with van der Waals surface area (Å²) in [6.45, 7) is 4.24. The van der Waals surface area contributed by atoms with Crippen LogP contribution in [0.4, 0.5) is 0 Å². The number of imidazole rings is 1. The summed E-state index contributed by atoms with van der Waals surface area (Å²) < 4.78 is 3.35. The van der Waals surface area contributed by atoms with E-state index in [1.54, 1.807) is 0 Å². The van der Waals surface area contributed by atoms with Gasteiger partial charge in [-0.15, -0.1) is 11.6 Å². The van der Waals surface area contributed by atoms with E-state index in [9.17, 15) is 0 Å². The highest BCUT2D eigenvalue weighted by atomic mass is 79.9. The highest BCUT2D eigenvalue weighted by molar-refractivity contribution is 9.10. The lowest BCUT2D eigenvalue weighted by Crippen LogP contribution is -2.51. The lowest BCUT2D eigenvalue weighted by Gasteiger charge is -2.38. The van der Waals surface area contributed by atoms with E-state index in [1.807, 2.05) is 12.1 Å². The van der Waals surface area contributed by atoms with E-state index in [1.165, 1.54) is 0 Å². The molecule has 1 aliphatic rings. The summed E-state index contributed by atoms with van der Waals surface area (Å²) in [6, 6.07) is 6.69. The molecule has 3 rings (SSSR count). The van der Waals surface area contributed by atoms with Gasteiger partial charge in [-0.1, -0.05) is 15.9 Å². The summed E-state index contributed by atoms with van der Waals surface area (Å²) in [7, 11) is 4.39. The monoisotopic (exact) mass is 370 g/mol. The van der Waals surface area contributed by atoms with E-state index >= 15 is 0 Å². The number of nitrogens with zero attached hydrogens (tertiary/aromatic N) is 4. The van der Waals surface area contributed by atoms with E-state index in [2.05, 4.69) is 55.4 Å². The first-order valence-electron chi connectivity index (χ1n) is 7.18. The first-order chi connectivity index (χ1) is 10.1. The first-order valence-corrected chi connectivity index (χ1v) is 8.50. The molecule has 1 saturated heterocycles. The van der Waals surface area contributed by atoms with Crippen molar-refractivity contribution in [2.45, 2.75) is 18.5 Å². The zero-order valence-corrected chi connectivity index (χ0v) is 14.7. The average molecular weight is 372 g/mol. The Bertz CT molecular complexity index is 642. The second-order valence-electron chi connectivity index (χ2n) is 5.80. The van der Waals surface area contributed by atoms with Crippen LogP contribution in [0.25, 0.3) is 11.0 Å². The standard InChI is InChI=1S/C15H20BrClN4/c1-19-5-6-20(2)12(9-19)10-21-14-7-11(16)3-4-13(14)18-15(21)8-17/h3-4,7,12H,5-6,8-10H2,1-2H3. The Morgan fingerprint density at radius 2 is 2.14 bits per heavy atom. The van der Waals surface area contributed by atoms with Crippen LogP contribution in [0, 0.1) is 0 Å². The molecule has 21 heavy (non-hydrogen) atoms. The van der Waals surface area contributed by atoms with Crippen molar-refractivity contribution in [3.63, 3.8) is 0 Å². The van der Waals surface area contributed by atoms with Gasteiger partial charge < -0.3 is 9.47 Å². The van der Waals surface area contributed by atoms with Crippen molar-refractivity contribution >= 4 is 38.6 Å². The van der Waals surface area contributed by atoms with Crippen molar-refractivity contribution in [2.75, 3.05) is 33.7 Å². The van der Waals surface area contributed by atoms with Crippen LogP contribution in [0.15, 0.2) is 22.7 Å². The van der Waals surface area contributed by atoms with Crippen molar-refractivity contribution in [1.29, 1.82) is 0 Å². The minimum Gasteiger partial charge on any atom is -0.325 e. The van der Waals surface area contributed by atoms with Gasteiger partial charge in [0.2, 0.25) is 0 Å². The third kappa shape index (κ3) is 3.11. The Hall–Kier alpha value is -0.620. The number of aromatic nitrogens is 2. The molecule has 0 N–H and O–H groups in total. The number of piperazine rings is 1. The number of alkyl halides is 1. The topological polar surface area (TPSA) is 24.3 Å². The van der Waals surface area contributed by atoms with Crippen molar-refractivity contribution in [3.05, 3.63) is 28.5 Å². The predicted molar refractivity (Wildman–Crippen MR) is 90.9 cm³/mol. The van der Waals surface area contributed by atoms with Crippen LogP contribution in [-0.2, 0) is 12.4 Å². The predicted octanol–water partition coefficient (Wildman–Crippen LogP) is 2.78. The van der Waals surface area contributed by atoms with E-state index in [0.717, 1.165) is 47.5 Å². The minimum atomic E-state index is 0.443. The number of rotatable bonds is 3. The van der Waals surface area contributed by atoms with Crippen LogP contribution in [-0.4, -0.2) is 59.1 Å². The van der Waals surface area contributed by atoms with Gasteiger partial charge in [0.05, 0.1) is 16.9 Å². The smallest absolute Gasteiger partial charge is 0.124 e. The van der Waals surface area contributed by atoms with E-state index in [0.29, 0.717) is 11.9 Å². The number of hydrogen-bond donors (Lipinski definition) is 0. The van der Waals surface area contributed by atoms with Crippen LogP contribution in [0.1, 0.15) is 5.82 Å². The molecule has 1 unspecified atom stereocenters. The fourth-order valence-corrected chi connectivity index (χ4v) is 3.51. The van der Waals surface area contributed by atoms with Crippen molar-refractivity contribution in [2.24, 2.45) is 0 Å². The van der Waals surface area contributed by atoms with Gasteiger partial charge in [-0.05, 0) is 32.3 Å². The molecule has 0 spiro atoms. The van der Waals surface area contributed by atoms with Gasteiger partial charge >= 0.3 is 0 Å². The summed E-state index contributed by atoms with van der Waals surface area (Å²) in [6.07, 6.45) is 0. The van der Waals surface area contributed by atoms with Crippen molar-refractivity contribution < 1.29 is 0 Å². The molecule has 0 saturated carbocycles. The third-order valence-corrected chi connectivity index (χ3v) is 5.01. The van der Waals surface area contributed by atoms with Gasteiger partial charge in [-0.2, -0.15) is 0 Å². The molecular formula is C15H20BrClN4. The highest BCUT2D eigenvalue weighted by Crippen LogP contribution is 2.23. The average Bonchev–Trinajstić information content (AvgIpc) is 2.80. The maximum atomic E-state index is 6.11. The molecule has 1 fully saturated rings. The van der Waals surface area contributed by atoms with E-state index in [-0.39, 0.29) is 0 Å². The normalized spacial score (nSPS) is 21.2. The van der Waals surface area contributed by atoms with Gasteiger partial charge in [-0.3, -0.25) is 4.90 Å². The molecule has 4 nitrogen and oxygen atoms in total. The van der Waals surface area contributed by atoms with Gasteiger partial charge in [-0.25, -0.2) is 4.98 Å². The van der Waals surface area contributed by atoms with Crippen molar-refractivity contribution in [3.8, 4) is 0 Å². The van der Waals surface area contributed by atoms with Crippen LogP contribution < -0.4 is 0 Å². The molecule has 1 aliphatic heterocycles. The van der Waals surface area contributed by atoms with Gasteiger partial charge in [0.15, 0.2) is 0 Å². The summed E-state index contributed by atoms with van der Waals surface area (Å²) in [5, 5.41) is 0. The summed E-state index contributed by atoms with van der Waals surface area (Å²) in [5.41, 5.74) is 2.17. The minimum absolute atomic E-state index is 0.443. The molecule has 114 valence electrons. The highest BCUT2D eigenvalue weighted by Gasteiger charge is 2.24. The van der Waals surface area contributed by atoms with Crippen molar-refractivity contribution in [1.82, 2.24) is 19.4 Å². The zero-order valence-electron chi connectivity index (χ0n) is 12.4. The summed E-state index contributed by atoms with van der Waals surface area (Å²) >= 11 is 9.66. The Morgan fingerprint density at radius 3 is 2.90 bits per heavy atom. The fraction of sp³-hybridized carbons (Fsp3) is 0.533. The Kier molecular flexibility index (Phi) is 4.54. The molecular weight excluding hydrogens is 352 g/mol. The number of likely N-dealkylation sites (N-methyl/N-ethyl adjacent to an activating group) is 2.